The summed E-state index contributed by atoms with van der Waals surface area (Å²) < 4.78 is 0. The summed E-state index contributed by atoms with van der Waals surface area (Å²) in [6, 6.07) is 15.0. The number of fused-ring (bicyclic) bond motifs is 2. The van der Waals surface area contributed by atoms with E-state index in [4.69, 9.17) is 0 Å². The molecule has 0 spiro atoms. The van der Waals surface area contributed by atoms with Crippen molar-refractivity contribution in [1.82, 2.24) is 0 Å². The van der Waals surface area contributed by atoms with E-state index in [0.29, 0.717) is 0 Å². The first kappa shape index (κ1) is 13.8. The first-order valence-corrected chi connectivity index (χ1v) is 8.46. The largest absolute Gasteiger partial charge is 0.386 e. The Kier molecular flexibility index (Phi) is 3.63. The Morgan fingerprint density at radius 1 is 0.909 bits per heavy atom. The second-order valence-electron chi connectivity index (χ2n) is 6.58. The molecule has 0 bridgehead atoms. The molecule has 1 aliphatic carbocycles. The van der Waals surface area contributed by atoms with E-state index in [-0.39, 0.29) is 6.04 Å². The lowest BCUT2D eigenvalue weighted by Crippen LogP contribution is -2.32. The van der Waals surface area contributed by atoms with Gasteiger partial charge in [-0.15, -0.1) is 0 Å². The molecule has 0 saturated heterocycles. The van der Waals surface area contributed by atoms with Crippen LogP contribution in [0, 0.1) is 0 Å². The summed E-state index contributed by atoms with van der Waals surface area (Å²) in [5.41, 5.74) is 6.54. The maximum atomic E-state index is 11.0. The van der Waals surface area contributed by atoms with Crippen LogP contribution in [0.15, 0.2) is 42.5 Å². The lowest BCUT2D eigenvalue weighted by atomic mass is 9.83. The highest BCUT2D eigenvalue weighted by atomic mass is 16.3. The summed E-state index contributed by atoms with van der Waals surface area (Å²) >= 11 is 0. The van der Waals surface area contributed by atoms with E-state index < -0.39 is 6.10 Å². The van der Waals surface area contributed by atoms with Gasteiger partial charge < -0.3 is 10.4 Å². The Bertz CT molecular complexity index is 679. The Balaban J connectivity index is 1.62. The van der Waals surface area contributed by atoms with Gasteiger partial charge in [0.1, 0.15) is 0 Å². The second-order valence-corrected chi connectivity index (χ2v) is 6.58. The molecule has 0 amide bonds. The van der Waals surface area contributed by atoms with Crippen molar-refractivity contribution in [3.63, 3.8) is 0 Å². The minimum absolute atomic E-state index is 0.114. The smallest absolute Gasteiger partial charge is 0.0993 e. The molecule has 2 N–H and O–H groups in total. The summed E-state index contributed by atoms with van der Waals surface area (Å²) in [5.74, 6) is 0. The average Bonchev–Trinajstić information content (AvgIpc) is 2.60. The van der Waals surface area contributed by atoms with Crippen LogP contribution in [0.2, 0.25) is 0 Å². The van der Waals surface area contributed by atoms with E-state index in [9.17, 15) is 5.11 Å². The van der Waals surface area contributed by atoms with Crippen LogP contribution < -0.4 is 5.32 Å². The van der Waals surface area contributed by atoms with Crippen LogP contribution in [0.5, 0.6) is 0 Å². The third-order valence-electron chi connectivity index (χ3n) is 5.21. The maximum Gasteiger partial charge on any atom is 0.0993 e. The van der Waals surface area contributed by atoms with Crippen molar-refractivity contribution in [3.8, 4) is 0 Å². The van der Waals surface area contributed by atoms with Gasteiger partial charge in [-0.25, -0.2) is 0 Å². The zero-order valence-electron chi connectivity index (χ0n) is 12.9. The Morgan fingerprint density at radius 3 is 2.68 bits per heavy atom. The van der Waals surface area contributed by atoms with Gasteiger partial charge in [0.2, 0.25) is 0 Å². The molecule has 4 rings (SSSR count). The number of rotatable bonds is 2. The van der Waals surface area contributed by atoms with E-state index >= 15 is 0 Å². The molecule has 114 valence electrons. The molecule has 2 aromatic rings. The van der Waals surface area contributed by atoms with Crippen molar-refractivity contribution < 1.29 is 5.11 Å². The molecule has 0 saturated carbocycles. The standard InChI is InChI=1S/C20H23NO/c22-20(17-10-5-8-14-6-1-3-9-16(14)17)19-13-12-15-7-2-4-11-18(15)21-19/h2,4-5,7-8,10-11,19-22H,1,3,6,9,12-13H2/t19?,20-/m1/s1. The quantitative estimate of drug-likeness (QED) is 0.876. The van der Waals surface area contributed by atoms with Crippen molar-refractivity contribution in [2.24, 2.45) is 0 Å². The molecule has 0 radical (unpaired) electrons. The molecule has 1 aliphatic heterocycles. The maximum absolute atomic E-state index is 11.0. The van der Waals surface area contributed by atoms with Crippen LogP contribution in [0.25, 0.3) is 0 Å². The number of hydrogen-bond donors (Lipinski definition) is 2. The van der Waals surface area contributed by atoms with E-state index in [1.54, 1.807) is 0 Å². The molecular formula is C20H23NO. The van der Waals surface area contributed by atoms with E-state index in [1.807, 2.05) is 0 Å². The molecule has 2 aromatic carbocycles. The Hall–Kier alpha value is -1.80. The van der Waals surface area contributed by atoms with Crippen molar-refractivity contribution in [1.29, 1.82) is 0 Å². The molecular weight excluding hydrogens is 270 g/mol. The Labute approximate surface area is 132 Å². The SMILES string of the molecule is O[C@H](c1cccc2c1CCCC2)C1CCc2ccccc2N1. The predicted octanol–water partition coefficient (Wildman–Crippen LogP) is 4.03. The van der Waals surface area contributed by atoms with Gasteiger partial charge >= 0.3 is 0 Å². The number of nitrogens with one attached hydrogen (secondary N) is 1. The Morgan fingerprint density at radius 2 is 1.73 bits per heavy atom. The van der Waals surface area contributed by atoms with Gasteiger partial charge in [-0.2, -0.15) is 0 Å². The van der Waals surface area contributed by atoms with Gasteiger partial charge in [0.25, 0.3) is 0 Å². The van der Waals surface area contributed by atoms with Crippen LogP contribution in [0.3, 0.4) is 0 Å². The molecule has 2 nitrogen and oxygen atoms in total. The van der Waals surface area contributed by atoms with E-state index in [0.717, 1.165) is 31.2 Å². The minimum atomic E-state index is -0.415. The lowest BCUT2D eigenvalue weighted by molar-refractivity contribution is 0.147. The summed E-state index contributed by atoms with van der Waals surface area (Å²) in [5, 5.41) is 14.5. The monoisotopic (exact) mass is 293 g/mol. The summed E-state index contributed by atoms with van der Waals surface area (Å²) in [6.07, 6.45) is 6.42. The average molecular weight is 293 g/mol. The summed E-state index contributed by atoms with van der Waals surface area (Å²) in [4.78, 5) is 0. The molecule has 2 heteroatoms. The van der Waals surface area contributed by atoms with Gasteiger partial charge in [-0.1, -0.05) is 36.4 Å². The minimum Gasteiger partial charge on any atom is -0.386 e. The predicted molar refractivity (Wildman–Crippen MR) is 90.2 cm³/mol. The van der Waals surface area contributed by atoms with Crippen molar-refractivity contribution in [2.75, 3.05) is 5.32 Å². The normalized spacial score (nSPS) is 21.4. The van der Waals surface area contributed by atoms with E-state index in [2.05, 4.69) is 47.8 Å². The van der Waals surface area contributed by atoms with Gasteiger partial charge in [0.15, 0.2) is 0 Å². The number of benzene rings is 2. The van der Waals surface area contributed by atoms with Crippen LogP contribution in [0.1, 0.15) is 47.6 Å². The number of aliphatic hydroxyl groups is 1. The first-order valence-electron chi connectivity index (χ1n) is 8.46. The number of aryl methyl sites for hydroxylation is 2. The lowest BCUT2D eigenvalue weighted by Gasteiger charge is -2.32. The van der Waals surface area contributed by atoms with Gasteiger partial charge in [-0.05, 0) is 66.8 Å². The molecule has 0 fully saturated rings. The highest BCUT2D eigenvalue weighted by Gasteiger charge is 2.27. The number of hydrogen-bond acceptors (Lipinski definition) is 2. The third kappa shape index (κ3) is 2.42. The van der Waals surface area contributed by atoms with Crippen LogP contribution in [-0.2, 0) is 19.3 Å². The summed E-state index contributed by atoms with van der Waals surface area (Å²) in [7, 11) is 0. The van der Waals surface area contributed by atoms with Crippen molar-refractivity contribution >= 4 is 5.69 Å². The van der Waals surface area contributed by atoms with E-state index in [1.165, 1.54) is 35.2 Å². The van der Waals surface area contributed by atoms with Gasteiger partial charge in [0, 0.05) is 5.69 Å². The third-order valence-corrected chi connectivity index (χ3v) is 5.21. The summed E-state index contributed by atoms with van der Waals surface area (Å²) in [6.45, 7) is 0. The van der Waals surface area contributed by atoms with Crippen LogP contribution in [0.4, 0.5) is 5.69 Å². The van der Waals surface area contributed by atoms with Crippen LogP contribution in [-0.4, -0.2) is 11.1 Å². The molecule has 1 unspecified atom stereocenters. The van der Waals surface area contributed by atoms with Crippen molar-refractivity contribution in [3.05, 3.63) is 64.7 Å². The number of para-hydroxylation sites is 1. The van der Waals surface area contributed by atoms with Crippen molar-refractivity contribution in [2.45, 2.75) is 50.7 Å². The van der Waals surface area contributed by atoms with Crippen LogP contribution >= 0.6 is 0 Å². The zero-order chi connectivity index (χ0) is 14.9. The fourth-order valence-corrected chi connectivity index (χ4v) is 4.00. The second kappa shape index (κ2) is 5.77. The topological polar surface area (TPSA) is 32.3 Å². The fraction of sp³-hybridized carbons (Fsp3) is 0.400. The fourth-order valence-electron chi connectivity index (χ4n) is 4.00. The molecule has 0 aromatic heterocycles. The molecule has 1 heterocycles. The highest BCUT2D eigenvalue weighted by molar-refractivity contribution is 5.54. The first-order chi connectivity index (χ1) is 10.8. The van der Waals surface area contributed by atoms with Gasteiger partial charge in [-0.3, -0.25) is 0 Å². The highest BCUT2D eigenvalue weighted by Crippen LogP contribution is 2.34. The molecule has 22 heavy (non-hydrogen) atoms. The molecule has 2 aliphatic rings. The number of aliphatic hydroxyl groups excluding tert-OH is 1. The van der Waals surface area contributed by atoms with Gasteiger partial charge in [0.05, 0.1) is 12.1 Å². The zero-order valence-corrected chi connectivity index (χ0v) is 12.9. The molecule has 2 atom stereocenters. The number of anilines is 1.